The number of likely N-dealkylation sites (tertiary alicyclic amines) is 1. The largest absolute Gasteiger partial charge is 0.462 e. The number of ether oxygens (including phenoxy) is 1. The van der Waals surface area contributed by atoms with Crippen LogP contribution in [0, 0.1) is 0 Å². The Hall–Kier alpha value is -0.610. The first-order valence-electron chi connectivity index (χ1n) is 4.70. The van der Waals surface area contributed by atoms with E-state index in [1.54, 1.807) is 0 Å². The Labute approximate surface area is 86.9 Å². The molecule has 1 aliphatic rings. The summed E-state index contributed by atoms with van der Waals surface area (Å²) in [4.78, 5) is 11.9. The van der Waals surface area contributed by atoms with E-state index in [2.05, 4.69) is 16.7 Å². The molecule has 0 amide bonds. The normalized spacial score (nSPS) is 15.0. The van der Waals surface area contributed by atoms with Gasteiger partial charge in [-0.1, -0.05) is 0 Å². The third-order valence-electron chi connectivity index (χ3n) is 1.48. The van der Waals surface area contributed by atoms with E-state index in [0.717, 1.165) is 7.11 Å². The Bertz CT molecular complexity index is 128. The third-order valence-corrected chi connectivity index (χ3v) is 1.48. The van der Waals surface area contributed by atoms with E-state index in [1.165, 1.54) is 19.5 Å². The first-order chi connectivity index (χ1) is 6.45. The van der Waals surface area contributed by atoms with E-state index in [1.807, 2.05) is 20.8 Å². The lowest BCUT2D eigenvalue weighted by atomic mass is 10.2. The van der Waals surface area contributed by atoms with Crippen molar-refractivity contribution in [2.24, 2.45) is 0 Å². The van der Waals surface area contributed by atoms with Crippen molar-refractivity contribution >= 4 is 6.47 Å². The van der Waals surface area contributed by atoms with Crippen LogP contribution in [0.3, 0.4) is 0 Å². The zero-order chi connectivity index (χ0) is 11.6. The molecule has 0 aliphatic carbocycles. The number of aliphatic hydroxyl groups is 1. The second kappa shape index (κ2) is 8.97. The van der Waals surface area contributed by atoms with Crippen molar-refractivity contribution in [3.63, 3.8) is 0 Å². The second-order valence-corrected chi connectivity index (χ2v) is 3.98. The molecule has 4 heteroatoms. The van der Waals surface area contributed by atoms with Crippen molar-refractivity contribution in [3.8, 4) is 0 Å². The summed E-state index contributed by atoms with van der Waals surface area (Å²) in [7, 11) is 3.14. The highest BCUT2D eigenvalue weighted by atomic mass is 16.5. The van der Waals surface area contributed by atoms with E-state index >= 15 is 0 Å². The number of carbonyl (C=O) groups excluding carboxylic acids is 1. The fourth-order valence-electron chi connectivity index (χ4n) is 0.619. The first-order valence-corrected chi connectivity index (χ1v) is 4.70. The summed E-state index contributed by atoms with van der Waals surface area (Å²) in [5.74, 6) is 0. The molecule has 0 atom stereocenters. The van der Waals surface area contributed by atoms with Gasteiger partial charge in [0, 0.05) is 7.11 Å². The van der Waals surface area contributed by atoms with Gasteiger partial charge in [-0.05, 0) is 47.3 Å². The number of carbonyl (C=O) groups is 1. The lowest BCUT2D eigenvalue weighted by Crippen LogP contribution is -2.32. The zero-order valence-corrected chi connectivity index (χ0v) is 9.91. The minimum absolute atomic E-state index is 0.318. The minimum Gasteiger partial charge on any atom is -0.462 e. The third kappa shape index (κ3) is 13.9. The van der Waals surface area contributed by atoms with Crippen LogP contribution < -0.4 is 0 Å². The second-order valence-electron chi connectivity index (χ2n) is 3.98. The molecule has 4 nitrogen and oxygen atoms in total. The number of rotatable bonds is 1. The summed E-state index contributed by atoms with van der Waals surface area (Å²) < 4.78 is 4.55. The van der Waals surface area contributed by atoms with E-state index in [4.69, 9.17) is 5.11 Å². The van der Waals surface area contributed by atoms with Crippen LogP contribution in [0.2, 0.25) is 0 Å². The van der Waals surface area contributed by atoms with Crippen molar-refractivity contribution in [1.82, 2.24) is 4.90 Å². The van der Waals surface area contributed by atoms with Crippen molar-refractivity contribution in [2.45, 2.75) is 32.8 Å². The Morgan fingerprint density at radius 2 is 1.64 bits per heavy atom. The maximum atomic E-state index is 9.60. The van der Waals surface area contributed by atoms with Gasteiger partial charge in [-0.3, -0.25) is 4.79 Å². The average molecular weight is 205 g/mol. The molecular weight excluding hydrogens is 182 g/mol. The molecule has 1 saturated heterocycles. The van der Waals surface area contributed by atoms with E-state index in [-0.39, 0.29) is 5.60 Å². The van der Waals surface area contributed by atoms with Crippen LogP contribution in [0.25, 0.3) is 0 Å². The summed E-state index contributed by atoms with van der Waals surface area (Å²) in [6.07, 6.45) is 1.41. The van der Waals surface area contributed by atoms with Crippen molar-refractivity contribution in [1.29, 1.82) is 0 Å². The lowest BCUT2D eigenvalue weighted by molar-refractivity contribution is -0.138. The van der Waals surface area contributed by atoms with Crippen LogP contribution in [0.1, 0.15) is 27.2 Å². The number of aliphatic hydroxyl groups excluding tert-OH is 1. The van der Waals surface area contributed by atoms with Crippen LogP contribution in [0.15, 0.2) is 0 Å². The van der Waals surface area contributed by atoms with E-state index in [9.17, 15) is 4.79 Å². The first kappa shape index (κ1) is 15.8. The van der Waals surface area contributed by atoms with Gasteiger partial charge < -0.3 is 14.7 Å². The van der Waals surface area contributed by atoms with Crippen LogP contribution in [-0.2, 0) is 9.53 Å². The molecular formula is C10H23NO3. The van der Waals surface area contributed by atoms with Gasteiger partial charge >= 0.3 is 0 Å². The van der Waals surface area contributed by atoms with Gasteiger partial charge in [0.25, 0.3) is 6.47 Å². The van der Waals surface area contributed by atoms with Gasteiger partial charge in [0.2, 0.25) is 0 Å². The fourth-order valence-corrected chi connectivity index (χ4v) is 0.619. The standard InChI is InChI=1S/C5H10O2.C4H9N.CH4O/c1-5(2,3)7-4-6;1-5-3-2-4-5;1-2/h4H,1-3H3;2-4H2,1H3;2H,1H3. The molecule has 0 saturated carbocycles. The molecule has 0 aromatic carbocycles. The van der Waals surface area contributed by atoms with Gasteiger partial charge in [0.15, 0.2) is 0 Å². The summed E-state index contributed by atoms with van der Waals surface area (Å²) >= 11 is 0. The highest BCUT2D eigenvalue weighted by Gasteiger charge is 2.07. The van der Waals surface area contributed by atoms with Crippen molar-refractivity contribution < 1.29 is 14.6 Å². The molecule has 0 aromatic rings. The average Bonchev–Trinajstić information content (AvgIpc) is 2.04. The molecule has 1 aliphatic heterocycles. The molecule has 0 bridgehead atoms. The predicted molar refractivity (Wildman–Crippen MR) is 57.2 cm³/mol. The fraction of sp³-hybridized carbons (Fsp3) is 0.900. The topological polar surface area (TPSA) is 49.8 Å². The lowest BCUT2D eigenvalue weighted by Gasteiger charge is -2.24. The molecule has 1 fully saturated rings. The smallest absolute Gasteiger partial charge is 0.293 e. The summed E-state index contributed by atoms with van der Waals surface area (Å²) in [6.45, 7) is 8.56. The van der Waals surface area contributed by atoms with Crippen LogP contribution in [0.4, 0.5) is 0 Å². The van der Waals surface area contributed by atoms with Crippen LogP contribution in [-0.4, -0.2) is 49.3 Å². The molecule has 86 valence electrons. The predicted octanol–water partition coefficient (Wildman–Crippen LogP) is 0.888. The summed E-state index contributed by atoms with van der Waals surface area (Å²) in [6, 6.07) is 0. The quantitative estimate of drug-likeness (QED) is 0.646. The number of hydrogen-bond donors (Lipinski definition) is 1. The van der Waals surface area contributed by atoms with Gasteiger partial charge in [-0.25, -0.2) is 0 Å². The molecule has 0 aromatic heterocycles. The molecule has 0 radical (unpaired) electrons. The molecule has 1 heterocycles. The molecule has 0 spiro atoms. The molecule has 1 rings (SSSR count). The van der Waals surface area contributed by atoms with Gasteiger partial charge in [-0.2, -0.15) is 0 Å². The van der Waals surface area contributed by atoms with Crippen LogP contribution >= 0.6 is 0 Å². The van der Waals surface area contributed by atoms with E-state index < -0.39 is 0 Å². The summed E-state index contributed by atoms with van der Waals surface area (Å²) in [5.41, 5.74) is -0.318. The Morgan fingerprint density at radius 3 is 1.64 bits per heavy atom. The minimum atomic E-state index is -0.318. The van der Waals surface area contributed by atoms with Crippen molar-refractivity contribution in [3.05, 3.63) is 0 Å². The summed E-state index contributed by atoms with van der Waals surface area (Å²) in [5, 5.41) is 7.00. The van der Waals surface area contributed by atoms with Gasteiger partial charge in [0.05, 0.1) is 0 Å². The van der Waals surface area contributed by atoms with E-state index in [0.29, 0.717) is 6.47 Å². The molecule has 1 N–H and O–H groups in total. The van der Waals surface area contributed by atoms with Crippen molar-refractivity contribution in [2.75, 3.05) is 27.2 Å². The Morgan fingerprint density at radius 1 is 1.29 bits per heavy atom. The number of hydrogen-bond acceptors (Lipinski definition) is 4. The highest BCUT2D eigenvalue weighted by molar-refractivity contribution is 5.37. The molecule has 0 unspecified atom stereocenters. The maximum Gasteiger partial charge on any atom is 0.293 e. The molecule has 14 heavy (non-hydrogen) atoms. The Balaban J connectivity index is 0. The van der Waals surface area contributed by atoms with Gasteiger partial charge in [-0.15, -0.1) is 0 Å². The monoisotopic (exact) mass is 205 g/mol. The maximum absolute atomic E-state index is 9.60. The van der Waals surface area contributed by atoms with Crippen LogP contribution in [0.5, 0.6) is 0 Å². The zero-order valence-electron chi connectivity index (χ0n) is 9.91. The van der Waals surface area contributed by atoms with Gasteiger partial charge in [0.1, 0.15) is 5.60 Å². The SMILES string of the molecule is CC(C)(C)OC=O.CN1CCC1.CO. The highest BCUT2D eigenvalue weighted by Crippen LogP contribution is 2.02. The number of nitrogens with zero attached hydrogens (tertiary/aromatic N) is 1. The Kier molecular flexibility index (Phi) is 10.1.